The van der Waals surface area contributed by atoms with Crippen LogP contribution in [0.2, 0.25) is 5.02 Å². The molecular formula is C18H18ClN3O. The number of benzene rings is 2. The van der Waals surface area contributed by atoms with Crippen LogP contribution in [0.5, 0.6) is 0 Å². The van der Waals surface area contributed by atoms with Gasteiger partial charge in [0.25, 0.3) is 0 Å². The highest BCUT2D eigenvalue weighted by atomic mass is 35.5. The molecule has 0 aromatic heterocycles. The lowest BCUT2D eigenvalue weighted by atomic mass is 10.1. The fraction of sp³-hybridized carbons (Fsp3) is 0.222. The molecule has 1 amide bonds. The van der Waals surface area contributed by atoms with Crippen molar-refractivity contribution in [2.45, 2.75) is 20.3 Å². The van der Waals surface area contributed by atoms with E-state index in [1.54, 1.807) is 12.1 Å². The molecule has 23 heavy (non-hydrogen) atoms. The molecule has 0 spiro atoms. The number of nitrogens with one attached hydrogen (secondary N) is 2. The quantitative estimate of drug-likeness (QED) is 0.862. The topological polar surface area (TPSA) is 64.9 Å². The van der Waals surface area contributed by atoms with Crippen LogP contribution in [-0.2, 0) is 4.79 Å². The van der Waals surface area contributed by atoms with E-state index in [0.29, 0.717) is 22.8 Å². The summed E-state index contributed by atoms with van der Waals surface area (Å²) in [6.45, 7) is 4.31. The minimum Gasteiger partial charge on any atom is -0.383 e. The zero-order valence-electron chi connectivity index (χ0n) is 13.1. The summed E-state index contributed by atoms with van der Waals surface area (Å²) in [6, 6.07) is 13.1. The second kappa shape index (κ2) is 7.66. The van der Waals surface area contributed by atoms with Crippen LogP contribution >= 0.6 is 11.6 Å². The molecule has 0 radical (unpaired) electrons. The zero-order chi connectivity index (χ0) is 16.8. The smallest absolute Gasteiger partial charge is 0.226 e. The van der Waals surface area contributed by atoms with Crippen molar-refractivity contribution >= 4 is 28.9 Å². The second-order valence-corrected chi connectivity index (χ2v) is 5.73. The molecule has 0 saturated carbocycles. The fourth-order valence-corrected chi connectivity index (χ4v) is 2.69. The van der Waals surface area contributed by atoms with Crippen LogP contribution in [0.15, 0.2) is 36.4 Å². The lowest BCUT2D eigenvalue weighted by molar-refractivity contribution is -0.115. The standard InChI is InChI=1S/C18H18ClN3O/c1-12-9-13(2)18(15(19)10-12)22-17(23)7-8-21-16-6-4-3-5-14(16)11-20/h3-6,9-10,21H,7-8H2,1-2H3,(H,22,23). The molecule has 2 N–H and O–H groups in total. The number of aryl methyl sites for hydroxylation is 2. The first-order valence-electron chi connectivity index (χ1n) is 7.31. The van der Waals surface area contributed by atoms with Gasteiger partial charge in [-0.05, 0) is 43.2 Å². The molecule has 5 heteroatoms. The minimum atomic E-state index is -0.124. The Morgan fingerprint density at radius 1 is 1.26 bits per heavy atom. The number of carbonyl (C=O) groups is 1. The molecule has 0 atom stereocenters. The van der Waals surface area contributed by atoms with E-state index in [9.17, 15) is 4.79 Å². The van der Waals surface area contributed by atoms with Crippen LogP contribution in [-0.4, -0.2) is 12.5 Å². The Morgan fingerprint density at radius 3 is 2.70 bits per heavy atom. The van der Waals surface area contributed by atoms with E-state index < -0.39 is 0 Å². The highest BCUT2D eigenvalue weighted by Gasteiger charge is 2.09. The van der Waals surface area contributed by atoms with Gasteiger partial charge in [0.15, 0.2) is 0 Å². The van der Waals surface area contributed by atoms with Gasteiger partial charge in [0, 0.05) is 13.0 Å². The number of carbonyl (C=O) groups excluding carboxylic acids is 1. The Kier molecular flexibility index (Phi) is 5.61. The summed E-state index contributed by atoms with van der Waals surface area (Å²) in [6.07, 6.45) is 0.281. The van der Waals surface area contributed by atoms with E-state index in [1.807, 2.05) is 38.1 Å². The van der Waals surface area contributed by atoms with Crippen LogP contribution < -0.4 is 10.6 Å². The lowest BCUT2D eigenvalue weighted by Crippen LogP contribution is -2.17. The van der Waals surface area contributed by atoms with Crippen molar-refractivity contribution in [2.24, 2.45) is 0 Å². The van der Waals surface area contributed by atoms with Crippen molar-refractivity contribution in [1.82, 2.24) is 0 Å². The van der Waals surface area contributed by atoms with Crippen molar-refractivity contribution in [3.63, 3.8) is 0 Å². The van der Waals surface area contributed by atoms with Gasteiger partial charge in [0.2, 0.25) is 5.91 Å². The number of hydrogen-bond acceptors (Lipinski definition) is 3. The van der Waals surface area contributed by atoms with E-state index in [0.717, 1.165) is 16.8 Å². The Bertz CT molecular complexity index is 742. The largest absolute Gasteiger partial charge is 0.383 e. The molecule has 0 saturated heterocycles. The van der Waals surface area contributed by atoms with Gasteiger partial charge in [0.1, 0.15) is 6.07 Å². The van der Waals surface area contributed by atoms with Crippen molar-refractivity contribution in [3.05, 3.63) is 58.1 Å². The summed E-state index contributed by atoms with van der Waals surface area (Å²) < 4.78 is 0. The predicted octanol–water partition coefficient (Wildman–Crippen LogP) is 4.27. The van der Waals surface area contributed by atoms with Crippen LogP contribution in [0, 0.1) is 25.2 Å². The number of halogens is 1. The van der Waals surface area contributed by atoms with Crippen molar-refractivity contribution in [1.29, 1.82) is 5.26 Å². The number of para-hydroxylation sites is 1. The molecule has 0 aliphatic rings. The molecular weight excluding hydrogens is 310 g/mol. The van der Waals surface area contributed by atoms with Crippen LogP contribution in [0.1, 0.15) is 23.1 Å². The third kappa shape index (κ3) is 4.48. The van der Waals surface area contributed by atoms with E-state index in [2.05, 4.69) is 16.7 Å². The fourth-order valence-electron chi connectivity index (χ4n) is 2.32. The summed E-state index contributed by atoms with van der Waals surface area (Å²) in [5.41, 5.74) is 3.93. The number of rotatable bonds is 5. The average molecular weight is 328 g/mol. The van der Waals surface area contributed by atoms with Crippen LogP contribution in [0.4, 0.5) is 11.4 Å². The summed E-state index contributed by atoms with van der Waals surface area (Å²) >= 11 is 6.18. The molecule has 0 unspecified atom stereocenters. The molecule has 0 heterocycles. The first-order valence-corrected chi connectivity index (χ1v) is 7.68. The molecule has 0 fully saturated rings. The van der Waals surface area contributed by atoms with Gasteiger partial charge >= 0.3 is 0 Å². The summed E-state index contributed by atoms with van der Waals surface area (Å²) in [7, 11) is 0. The molecule has 2 aromatic rings. The Morgan fingerprint density at radius 2 is 2.00 bits per heavy atom. The van der Waals surface area contributed by atoms with Gasteiger partial charge in [-0.1, -0.05) is 29.8 Å². The monoisotopic (exact) mass is 327 g/mol. The molecule has 4 nitrogen and oxygen atoms in total. The Hall–Kier alpha value is -2.51. The SMILES string of the molecule is Cc1cc(C)c(NC(=O)CCNc2ccccc2C#N)c(Cl)c1. The third-order valence-corrected chi connectivity index (χ3v) is 3.71. The van der Waals surface area contributed by atoms with Gasteiger partial charge in [-0.15, -0.1) is 0 Å². The number of hydrogen-bond donors (Lipinski definition) is 2. The lowest BCUT2D eigenvalue weighted by Gasteiger charge is -2.12. The average Bonchev–Trinajstić information content (AvgIpc) is 2.51. The molecule has 2 aromatic carbocycles. The molecule has 2 rings (SSSR count). The van der Waals surface area contributed by atoms with Gasteiger partial charge in [-0.3, -0.25) is 4.79 Å². The Balaban J connectivity index is 1.93. The maximum atomic E-state index is 12.1. The predicted molar refractivity (Wildman–Crippen MR) is 93.8 cm³/mol. The van der Waals surface area contributed by atoms with E-state index in [1.165, 1.54) is 0 Å². The Labute approximate surface area is 141 Å². The number of nitrogens with zero attached hydrogens (tertiary/aromatic N) is 1. The summed E-state index contributed by atoms with van der Waals surface area (Å²) in [5, 5.41) is 15.5. The molecule has 0 aliphatic carbocycles. The van der Waals surface area contributed by atoms with Crippen molar-refractivity contribution in [2.75, 3.05) is 17.2 Å². The summed E-state index contributed by atoms with van der Waals surface area (Å²) in [4.78, 5) is 12.1. The van der Waals surface area contributed by atoms with Crippen LogP contribution in [0.25, 0.3) is 0 Å². The second-order valence-electron chi connectivity index (χ2n) is 5.32. The maximum absolute atomic E-state index is 12.1. The maximum Gasteiger partial charge on any atom is 0.226 e. The van der Waals surface area contributed by atoms with Gasteiger partial charge in [-0.2, -0.15) is 5.26 Å². The van der Waals surface area contributed by atoms with Crippen LogP contribution in [0.3, 0.4) is 0 Å². The van der Waals surface area contributed by atoms with E-state index >= 15 is 0 Å². The number of nitriles is 1. The molecule has 118 valence electrons. The zero-order valence-corrected chi connectivity index (χ0v) is 13.9. The highest BCUT2D eigenvalue weighted by Crippen LogP contribution is 2.27. The molecule has 0 aliphatic heterocycles. The number of anilines is 2. The van der Waals surface area contributed by atoms with Crippen molar-refractivity contribution in [3.8, 4) is 6.07 Å². The summed E-state index contributed by atoms with van der Waals surface area (Å²) in [5.74, 6) is -0.124. The molecule has 0 bridgehead atoms. The highest BCUT2D eigenvalue weighted by molar-refractivity contribution is 6.34. The van der Waals surface area contributed by atoms with E-state index in [-0.39, 0.29) is 12.3 Å². The third-order valence-electron chi connectivity index (χ3n) is 3.41. The first-order chi connectivity index (χ1) is 11.0. The number of amides is 1. The normalized spacial score (nSPS) is 10.0. The van der Waals surface area contributed by atoms with Crippen molar-refractivity contribution < 1.29 is 4.79 Å². The van der Waals surface area contributed by atoms with Gasteiger partial charge < -0.3 is 10.6 Å². The van der Waals surface area contributed by atoms with Gasteiger partial charge in [-0.25, -0.2) is 0 Å². The van der Waals surface area contributed by atoms with Gasteiger partial charge in [0.05, 0.1) is 22.0 Å². The van der Waals surface area contributed by atoms with E-state index in [4.69, 9.17) is 16.9 Å². The first kappa shape index (κ1) is 16.9. The minimum absolute atomic E-state index is 0.124.